The van der Waals surface area contributed by atoms with Crippen molar-refractivity contribution in [1.82, 2.24) is 10.3 Å². The number of hydrogen-bond donors (Lipinski definition) is 1. The minimum atomic E-state index is 0.191. The third-order valence-corrected chi connectivity index (χ3v) is 6.03. The maximum Gasteiger partial charge on any atom is 0.107 e. The number of halogens is 1. The average molecular weight is 341 g/mol. The molecule has 0 aromatic carbocycles. The molecule has 0 aliphatic rings. The highest BCUT2D eigenvalue weighted by molar-refractivity contribution is 7.16. The number of thiophene rings is 2. The molecule has 3 aromatic heterocycles. The highest BCUT2D eigenvalue weighted by atomic mass is 35.5. The lowest BCUT2D eigenvalue weighted by Crippen LogP contribution is -2.20. The van der Waals surface area contributed by atoms with Gasteiger partial charge in [0.25, 0.3) is 0 Å². The molecule has 3 rings (SSSR count). The van der Waals surface area contributed by atoms with E-state index in [1.54, 1.807) is 34.0 Å². The zero-order valence-electron chi connectivity index (χ0n) is 10.8. The van der Waals surface area contributed by atoms with E-state index < -0.39 is 0 Å². The van der Waals surface area contributed by atoms with Gasteiger partial charge in [-0.25, -0.2) is 4.98 Å². The molecule has 104 valence electrons. The Kier molecular flexibility index (Phi) is 4.53. The van der Waals surface area contributed by atoms with E-state index in [0.717, 1.165) is 21.6 Å². The Labute approximate surface area is 135 Å². The molecule has 20 heavy (non-hydrogen) atoms. The molecule has 3 aromatic rings. The first-order chi connectivity index (χ1) is 9.72. The number of nitrogens with zero attached hydrogens (tertiary/aromatic N) is 1. The molecule has 6 heteroatoms. The summed E-state index contributed by atoms with van der Waals surface area (Å²) in [7, 11) is 0. The average Bonchev–Trinajstić information content (AvgIpc) is 3.13. The summed E-state index contributed by atoms with van der Waals surface area (Å²) in [5.41, 5.74) is 1.08. The summed E-state index contributed by atoms with van der Waals surface area (Å²) in [6, 6.07) is 8.48. The molecule has 0 amide bonds. The molecule has 0 saturated carbocycles. The van der Waals surface area contributed by atoms with Crippen LogP contribution in [0.1, 0.15) is 26.5 Å². The molecule has 1 unspecified atom stereocenters. The molecule has 0 bridgehead atoms. The van der Waals surface area contributed by atoms with Crippen molar-refractivity contribution in [3.63, 3.8) is 0 Å². The Bertz CT molecular complexity index is 672. The number of thiazole rings is 1. The van der Waals surface area contributed by atoms with Gasteiger partial charge in [0.05, 0.1) is 10.4 Å². The molecule has 0 fully saturated rings. The van der Waals surface area contributed by atoms with Gasteiger partial charge >= 0.3 is 0 Å². The van der Waals surface area contributed by atoms with Crippen LogP contribution in [0, 0.1) is 6.92 Å². The molecule has 0 saturated heterocycles. The zero-order chi connectivity index (χ0) is 13.9. The van der Waals surface area contributed by atoms with E-state index in [0.29, 0.717) is 0 Å². The van der Waals surface area contributed by atoms with Gasteiger partial charge in [-0.3, -0.25) is 5.32 Å². The fourth-order valence-electron chi connectivity index (χ4n) is 1.95. The van der Waals surface area contributed by atoms with E-state index in [4.69, 9.17) is 11.6 Å². The van der Waals surface area contributed by atoms with E-state index in [2.05, 4.69) is 39.3 Å². The topological polar surface area (TPSA) is 24.9 Å². The highest BCUT2D eigenvalue weighted by Crippen LogP contribution is 2.33. The Morgan fingerprint density at radius 2 is 2.15 bits per heavy atom. The SMILES string of the molecule is Cc1csc(CNC(c2cccs2)c2ccc(Cl)s2)n1. The van der Waals surface area contributed by atoms with Crippen molar-refractivity contribution in [3.8, 4) is 0 Å². The molecular formula is C14H13ClN2S3. The van der Waals surface area contributed by atoms with Gasteiger partial charge in [0.1, 0.15) is 5.01 Å². The predicted molar refractivity (Wildman–Crippen MR) is 89.2 cm³/mol. The second kappa shape index (κ2) is 6.37. The number of aromatic nitrogens is 1. The van der Waals surface area contributed by atoms with E-state index in [9.17, 15) is 0 Å². The fraction of sp³-hybridized carbons (Fsp3) is 0.214. The van der Waals surface area contributed by atoms with Crippen LogP contribution in [0.2, 0.25) is 4.34 Å². The lowest BCUT2D eigenvalue weighted by molar-refractivity contribution is 0.619. The third kappa shape index (κ3) is 3.30. The van der Waals surface area contributed by atoms with Crippen LogP contribution in [-0.4, -0.2) is 4.98 Å². The van der Waals surface area contributed by atoms with Gasteiger partial charge in [0, 0.05) is 27.4 Å². The van der Waals surface area contributed by atoms with E-state index >= 15 is 0 Å². The van der Waals surface area contributed by atoms with Crippen molar-refractivity contribution in [2.75, 3.05) is 0 Å². The van der Waals surface area contributed by atoms with Gasteiger partial charge in [-0.15, -0.1) is 34.0 Å². The summed E-state index contributed by atoms with van der Waals surface area (Å²) < 4.78 is 0.827. The van der Waals surface area contributed by atoms with Crippen molar-refractivity contribution in [2.24, 2.45) is 0 Å². The third-order valence-electron chi connectivity index (χ3n) is 2.83. The maximum absolute atomic E-state index is 6.07. The first-order valence-corrected chi connectivity index (χ1v) is 9.11. The smallest absolute Gasteiger partial charge is 0.107 e. The van der Waals surface area contributed by atoms with Crippen LogP contribution >= 0.6 is 45.6 Å². The van der Waals surface area contributed by atoms with Crippen molar-refractivity contribution >= 4 is 45.6 Å². The Morgan fingerprint density at radius 1 is 1.25 bits per heavy atom. The quantitative estimate of drug-likeness (QED) is 0.698. The summed E-state index contributed by atoms with van der Waals surface area (Å²) in [4.78, 5) is 7.04. The lowest BCUT2D eigenvalue weighted by Gasteiger charge is -2.15. The molecule has 0 spiro atoms. The van der Waals surface area contributed by atoms with Crippen molar-refractivity contribution < 1.29 is 0 Å². The molecular weight excluding hydrogens is 328 g/mol. The first kappa shape index (κ1) is 14.2. The molecule has 1 atom stereocenters. The Hall–Kier alpha value is -0.720. The van der Waals surface area contributed by atoms with Gasteiger partial charge in [0.15, 0.2) is 0 Å². The standard InChI is InChI=1S/C14H13ClN2S3/c1-9-8-19-13(17-9)7-16-14(10-3-2-6-18-10)11-4-5-12(15)20-11/h2-6,8,14,16H,7H2,1H3. The van der Waals surface area contributed by atoms with Crippen LogP contribution in [0.15, 0.2) is 35.0 Å². The number of nitrogens with one attached hydrogen (secondary N) is 1. The Balaban J connectivity index is 1.79. The summed E-state index contributed by atoms with van der Waals surface area (Å²) in [6.07, 6.45) is 0. The second-order valence-electron chi connectivity index (χ2n) is 4.35. The van der Waals surface area contributed by atoms with Crippen LogP contribution < -0.4 is 5.32 Å². The Morgan fingerprint density at radius 3 is 2.75 bits per heavy atom. The van der Waals surface area contributed by atoms with Crippen LogP contribution in [0.25, 0.3) is 0 Å². The van der Waals surface area contributed by atoms with Gasteiger partial charge in [-0.05, 0) is 30.5 Å². The van der Waals surface area contributed by atoms with Crippen LogP contribution in [0.5, 0.6) is 0 Å². The fourth-order valence-corrected chi connectivity index (χ4v) is 4.72. The molecule has 3 heterocycles. The second-order valence-corrected chi connectivity index (χ2v) is 8.02. The van der Waals surface area contributed by atoms with Crippen LogP contribution in [0.3, 0.4) is 0 Å². The van der Waals surface area contributed by atoms with Crippen LogP contribution in [0.4, 0.5) is 0 Å². The maximum atomic E-state index is 6.07. The monoisotopic (exact) mass is 340 g/mol. The van der Waals surface area contributed by atoms with E-state index in [1.807, 2.05) is 13.0 Å². The van der Waals surface area contributed by atoms with Gasteiger partial charge in [0.2, 0.25) is 0 Å². The summed E-state index contributed by atoms with van der Waals surface area (Å²) >= 11 is 11.2. The van der Waals surface area contributed by atoms with E-state index in [1.165, 1.54) is 9.75 Å². The van der Waals surface area contributed by atoms with Gasteiger partial charge in [-0.2, -0.15) is 0 Å². The summed E-state index contributed by atoms with van der Waals surface area (Å²) in [5.74, 6) is 0. The van der Waals surface area contributed by atoms with Crippen molar-refractivity contribution in [1.29, 1.82) is 0 Å². The van der Waals surface area contributed by atoms with Gasteiger partial charge < -0.3 is 0 Å². The zero-order valence-corrected chi connectivity index (χ0v) is 14.0. The number of aryl methyl sites for hydroxylation is 1. The summed E-state index contributed by atoms with van der Waals surface area (Å²) in [6.45, 7) is 2.80. The minimum Gasteiger partial charge on any atom is -0.298 e. The van der Waals surface area contributed by atoms with Gasteiger partial charge in [-0.1, -0.05) is 17.7 Å². The highest BCUT2D eigenvalue weighted by Gasteiger charge is 2.17. The van der Waals surface area contributed by atoms with E-state index in [-0.39, 0.29) is 6.04 Å². The summed E-state index contributed by atoms with van der Waals surface area (Å²) in [5, 5.41) is 8.90. The van der Waals surface area contributed by atoms with Crippen LogP contribution in [-0.2, 0) is 6.54 Å². The molecule has 0 radical (unpaired) electrons. The number of hydrogen-bond acceptors (Lipinski definition) is 5. The predicted octanol–water partition coefficient (Wildman–Crippen LogP) is 5.11. The molecule has 0 aliphatic carbocycles. The largest absolute Gasteiger partial charge is 0.298 e. The van der Waals surface area contributed by atoms with Crippen molar-refractivity contribution in [3.05, 3.63) is 59.8 Å². The normalized spacial score (nSPS) is 12.7. The molecule has 1 N–H and O–H groups in total. The number of rotatable bonds is 5. The minimum absolute atomic E-state index is 0.191. The van der Waals surface area contributed by atoms with Crippen molar-refractivity contribution in [2.45, 2.75) is 19.5 Å². The lowest BCUT2D eigenvalue weighted by atomic mass is 10.2. The first-order valence-electron chi connectivity index (χ1n) is 6.15. The molecule has 2 nitrogen and oxygen atoms in total. The molecule has 0 aliphatic heterocycles.